The number of ether oxygens (including phenoxy) is 1. The molecule has 1 N–H and O–H groups in total. The van der Waals surface area contributed by atoms with Crippen molar-refractivity contribution in [1.29, 1.82) is 0 Å². The number of amides is 1. The summed E-state index contributed by atoms with van der Waals surface area (Å²) in [4.78, 5) is 16.9. The molecule has 22 heavy (non-hydrogen) atoms. The number of benzene rings is 1. The number of carbonyl (C=O) groups excluding carboxylic acids is 1. The van der Waals surface area contributed by atoms with Crippen molar-refractivity contribution in [2.45, 2.75) is 38.8 Å². The zero-order valence-corrected chi connectivity index (χ0v) is 14.2. The van der Waals surface area contributed by atoms with E-state index < -0.39 is 6.10 Å². The number of rotatable bonds is 5. The van der Waals surface area contributed by atoms with Crippen molar-refractivity contribution >= 4 is 17.2 Å². The van der Waals surface area contributed by atoms with Crippen molar-refractivity contribution in [3.63, 3.8) is 0 Å². The molecule has 118 valence electrons. The van der Waals surface area contributed by atoms with Gasteiger partial charge in [0, 0.05) is 17.9 Å². The predicted octanol–water partition coefficient (Wildman–Crippen LogP) is 3.44. The van der Waals surface area contributed by atoms with Gasteiger partial charge in [0.25, 0.3) is 5.91 Å². The third kappa shape index (κ3) is 4.15. The van der Waals surface area contributed by atoms with Gasteiger partial charge in [0.05, 0.1) is 12.2 Å². The van der Waals surface area contributed by atoms with Crippen LogP contribution in [-0.2, 0) is 21.5 Å². The molecule has 5 heteroatoms. The van der Waals surface area contributed by atoms with Crippen LogP contribution in [0.3, 0.4) is 0 Å². The molecule has 0 fully saturated rings. The van der Waals surface area contributed by atoms with E-state index in [1.165, 1.54) is 0 Å². The summed E-state index contributed by atoms with van der Waals surface area (Å²) in [7, 11) is 1.54. The Balaban J connectivity index is 1.98. The van der Waals surface area contributed by atoms with Gasteiger partial charge in [-0.25, -0.2) is 4.98 Å². The van der Waals surface area contributed by atoms with Crippen molar-refractivity contribution in [3.05, 3.63) is 52.0 Å². The zero-order chi connectivity index (χ0) is 16.2. The van der Waals surface area contributed by atoms with Crippen molar-refractivity contribution < 1.29 is 9.53 Å². The zero-order valence-electron chi connectivity index (χ0n) is 13.4. The largest absolute Gasteiger partial charge is 0.367 e. The Morgan fingerprint density at radius 1 is 1.32 bits per heavy atom. The van der Waals surface area contributed by atoms with Crippen molar-refractivity contribution in [1.82, 2.24) is 10.3 Å². The van der Waals surface area contributed by atoms with Gasteiger partial charge >= 0.3 is 0 Å². The van der Waals surface area contributed by atoms with Crippen molar-refractivity contribution in [2.24, 2.45) is 0 Å². The maximum atomic E-state index is 12.3. The van der Waals surface area contributed by atoms with E-state index in [-0.39, 0.29) is 11.3 Å². The molecule has 4 nitrogen and oxygen atoms in total. The highest BCUT2D eigenvalue weighted by molar-refractivity contribution is 7.09. The molecule has 1 aromatic carbocycles. The van der Waals surface area contributed by atoms with Gasteiger partial charge in [0.1, 0.15) is 5.01 Å². The monoisotopic (exact) mass is 318 g/mol. The first kappa shape index (κ1) is 16.6. The molecule has 0 aliphatic carbocycles. The highest BCUT2D eigenvalue weighted by atomic mass is 32.1. The number of carbonyl (C=O) groups is 1. The Morgan fingerprint density at radius 2 is 2.00 bits per heavy atom. The van der Waals surface area contributed by atoms with E-state index in [1.54, 1.807) is 18.4 Å². The fourth-order valence-electron chi connectivity index (χ4n) is 2.01. The lowest BCUT2D eigenvalue weighted by atomic mass is 9.93. The van der Waals surface area contributed by atoms with E-state index in [4.69, 9.17) is 4.74 Å². The van der Waals surface area contributed by atoms with Crippen molar-refractivity contribution in [3.8, 4) is 0 Å². The fraction of sp³-hybridized carbons (Fsp3) is 0.412. The summed E-state index contributed by atoms with van der Waals surface area (Å²) >= 11 is 1.57. The Bertz CT molecular complexity index is 617. The fourth-order valence-corrected chi connectivity index (χ4v) is 2.97. The molecule has 0 aliphatic heterocycles. The van der Waals surface area contributed by atoms with E-state index in [2.05, 4.69) is 31.1 Å². The van der Waals surface area contributed by atoms with Gasteiger partial charge in [-0.1, -0.05) is 51.1 Å². The number of aromatic nitrogens is 1. The van der Waals surface area contributed by atoms with Gasteiger partial charge in [0.15, 0.2) is 6.10 Å². The molecule has 0 spiro atoms. The van der Waals surface area contributed by atoms with Crippen LogP contribution in [0.1, 0.15) is 43.1 Å². The van der Waals surface area contributed by atoms with Crippen LogP contribution in [0.2, 0.25) is 0 Å². The minimum absolute atomic E-state index is 0.0257. The minimum Gasteiger partial charge on any atom is -0.367 e. The highest BCUT2D eigenvalue weighted by Gasteiger charge is 2.21. The first-order valence-corrected chi connectivity index (χ1v) is 8.10. The molecule has 0 unspecified atom stereocenters. The second kappa shape index (κ2) is 7.03. The van der Waals surface area contributed by atoms with Gasteiger partial charge in [-0.2, -0.15) is 0 Å². The summed E-state index contributed by atoms with van der Waals surface area (Å²) in [6.07, 6.45) is -0.594. The van der Waals surface area contributed by atoms with E-state index in [9.17, 15) is 4.79 Å². The normalized spacial score (nSPS) is 12.9. The lowest BCUT2D eigenvalue weighted by Crippen LogP contribution is -2.30. The molecule has 0 saturated heterocycles. The first-order chi connectivity index (χ1) is 10.4. The molecule has 1 aromatic heterocycles. The maximum Gasteiger partial charge on any atom is 0.254 e. The number of nitrogens with one attached hydrogen (secondary N) is 1. The molecular weight excluding hydrogens is 296 g/mol. The molecule has 1 amide bonds. The lowest BCUT2D eigenvalue weighted by molar-refractivity contribution is -0.131. The third-order valence-electron chi connectivity index (χ3n) is 3.31. The summed E-state index contributed by atoms with van der Waals surface area (Å²) < 4.78 is 5.32. The molecule has 0 aliphatic rings. The molecule has 0 radical (unpaired) electrons. The number of nitrogens with zero attached hydrogens (tertiary/aromatic N) is 1. The smallest absolute Gasteiger partial charge is 0.254 e. The van der Waals surface area contributed by atoms with E-state index in [0.29, 0.717) is 6.54 Å². The number of hydrogen-bond donors (Lipinski definition) is 1. The molecular formula is C17H22N2O2S. The molecule has 2 rings (SSSR count). The number of hydrogen-bond acceptors (Lipinski definition) is 4. The highest BCUT2D eigenvalue weighted by Crippen LogP contribution is 2.24. The maximum absolute atomic E-state index is 12.3. The van der Waals surface area contributed by atoms with Crippen LogP contribution in [0.5, 0.6) is 0 Å². The van der Waals surface area contributed by atoms with Crippen LogP contribution in [0, 0.1) is 0 Å². The average Bonchev–Trinajstić information content (AvgIpc) is 2.96. The summed E-state index contributed by atoms with van der Waals surface area (Å²) in [6.45, 7) is 6.80. The van der Waals surface area contributed by atoms with Crippen LogP contribution in [-0.4, -0.2) is 18.0 Å². The van der Waals surface area contributed by atoms with Gasteiger partial charge < -0.3 is 10.1 Å². The van der Waals surface area contributed by atoms with Gasteiger partial charge in [-0.3, -0.25) is 4.79 Å². The Morgan fingerprint density at radius 3 is 2.55 bits per heavy atom. The van der Waals surface area contributed by atoms with E-state index >= 15 is 0 Å². The Kier molecular flexibility index (Phi) is 5.32. The van der Waals surface area contributed by atoms with Crippen LogP contribution in [0.15, 0.2) is 35.7 Å². The molecule has 1 heterocycles. The summed E-state index contributed by atoms with van der Waals surface area (Å²) in [5.41, 5.74) is 1.92. The number of thiazole rings is 1. The van der Waals surface area contributed by atoms with Crippen LogP contribution in [0.25, 0.3) is 0 Å². The predicted molar refractivity (Wildman–Crippen MR) is 88.9 cm³/mol. The third-order valence-corrected chi connectivity index (χ3v) is 4.16. The van der Waals surface area contributed by atoms with Crippen LogP contribution in [0.4, 0.5) is 0 Å². The molecule has 2 aromatic rings. The molecule has 1 atom stereocenters. The standard InChI is InChI=1S/C17H22N2O2S/c1-17(2,3)13-11-22-14(19-13)10-18-16(20)15(21-4)12-8-6-5-7-9-12/h5-9,11,15H,10H2,1-4H3,(H,18,20)/t15-/m0/s1. The lowest BCUT2D eigenvalue weighted by Gasteiger charge is -2.15. The second-order valence-electron chi connectivity index (χ2n) is 6.12. The minimum atomic E-state index is -0.594. The van der Waals surface area contributed by atoms with E-state index in [1.807, 2.05) is 35.7 Å². The van der Waals surface area contributed by atoms with Gasteiger partial charge in [-0.05, 0) is 5.56 Å². The van der Waals surface area contributed by atoms with E-state index in [0.717, 1.165) is 16.3 Å². The first-order valence-electron chi connectivity index (χ1n) is 7.22. The Labute approximate surface area is 135 Å². The number of methoxy groups -OCH3 is 1. The summed E-state index contributed by atoms with van der Waals surface area (Å²) in [6, 6.07) is 9.47. The molecule has 0 saturated carbocycles. The van der Waals surface area contributed by atoms with Crippen molar-refractivity contribution in [2.75, 3.05) is 7.11 Å². The average molecular weight is 318 g/mol. The summed E-state index contributed by atoms with van der Waals surface area (Å²) in [5, 5.41) is 5.85. The quantitative estimate of drug-likeness (QED) is 0.918. The topological polar surface area (TPSA) is 51.2 Å². The summed E-state index contributed by atoms with van der Waals surface area (Å²) in [5.74, 6) is -0.152. The van der Waals surface area contributed by atoms with Crippen LogP contribution >= 0.6 is 11.3 Å². The molecule has 0 bridgehead atoms. The Hall–Kier alpha value is -1.72. The van der Waals surface area contributed by atoms with Crippen LogP contribution < -0.4 is 5.32 Å². The van der Waals surface area contributed by atoms with Gasteiger partial charge in [-0.15, -0.1) is 11.3 Å². The SMILES string of the molecule is CO[C@H](C(=O)NCc1nc(C(C)(C)C)cs1)c1ccccc1. The second-order valence-corrected chi connectivity index (χ2v) is 7.06. The van der Waals surface area contributed by atoms with Gasteiger partial charge in [0.2, 0.25) is 0 Å².